The van der Waals surface area contributed by atoms with Gasteiger partial charge in [0.15, 0.2) is 0 Å². The third-order valence-electron chi connectivity index (χ3n) is 9.84. The summed E-state index contributed by atoms with van der Waals surface area (Å²) in [5, 5.41) is 9.79. The molecule has 238 valence electrons. The van der Waals surface area contributed by atoms with Crippen molar-refractivity contribution in [3.8, 4) is 33.4 Å². The van der Waals surface area contributed by atoms with Crippen molar-refractivity contribution in [1.29, 1.82) is 0 Å². The van der Waals surface area contributed by atoms with Crippen molar-refractivity contribution in [2.24, 2.45) is 0 Å². The predicted molar refractivity (Wildman–Crippen MR) is 218 cm³/mol. The smallest absolute Gasteiger partial charge is 0.136 e. The Morgan fingerprint density at radius 1 is 0.400 bits per heavy atom. The van der Waals surface area contributed by atoms with E-state index in [0.29, 0.717) is 0 Å². The lowest BCUT2D eigenvalue weighted by Crippen LogP contribution is -2.26. The van der Waals surface area contributed by atoms with Gasteiger partial charge in [-0.25, -0.2) is 0 Å². The van der Waals surface area contributed by atoms with E-state index in [1.807, 2.05) is 11.3 Å². The molecule has 9 rings (SSSR count). The van der Waals surface area contributed by atoms with Gasteiger partial charge in [-0.1, -0.05) is 127 Å². The van der Waals surface area contributed by atoms with E-state index in [9.17, 15) is 0 Å². The Morgan fingerprint density at radius 3 is 1.70 bits per heavy atom. The highest BCUT2D eigenvalue weighted by molar-refractivity contribution is 7.25. The third-order valence-corrected chi connectivity index (χ3v) is 11.0. The van der Waals surface area contributed by atoms with E-state index in [1.54, 1.807) is 0 Å². The van der Waals surface area contributed by atoms with Crippen LogP contribution in [0.5, 0.6) is 0 Å². The molecule has 0 saturated carbocycles. The zero-order valence-corrected chi connectivity index (χ0v) is 28.8. The Labute approximate surface area is 295 Å². The fourth-order valence-corrected chi connectivity index (χ4v) is 8.55. The van der Waals surface area contributed by atoms with Gasteiger partial charge in [0, 0.05) is 30.9 Å². The number of rotatable bonds is 3. The second-order valence-corrected chi connectivity index (χ2v) is 13.8. The summed E-state index contributed by atoms with van der Waals surface area (Å²) < 4.78 is 9.07. The molecular formula is C48H34OS. The molecule has 0 aliphatic heterocycles. The Kier molecular flexibility index (Phi) is 7.53. The molecule has 0 bridgehead atoms. The van der Waals surface area contributed by atoms with E-state index in [1.165, 1.54) is 74.8 Å². The van der Waals surface area contributed by atoms with Crippen LogP contribution in [0.2, 0.25) is 0 Å². The number of furan rings is 1. The molecule has 1 nitrogen and oxygen atoms in total. The summed E-state index contributed by atoms with van der Waals surface area (Å²) in [6.07, 6.45) is 4.47. The average molecular weight is 659 g/mol. The van der Waals surface area contributed by atoms with E-state index in [4.69, 9.17) is 4.42 Å². The van der Waals surface area contributed by atoms with Gasteiger partial charge in [-0.3, -0.25) is 0 Å². The van der Waals surface area contributed by atoms with Gasteiger partial charge in [0.2, 0.25) is 0 Å². The van der Waals surface area contributed by atoms with E-state index < -0.39 is 0 Å². The molecule has 0 radical (unpaired) electrons. The number of hydrogen-bond donors (Lipinski definition) is 0. The van der Waals surface area contributed by atoms with E-state index in [0.717, 1.165) is 21.9 Å². The first-order chi connectivity index (χ1) is 24.7. The molecule has 0 aliphatic carbocycles. The summed E-state index contributed by atoms with van der Waals surface area (Å²) in [5.74, 6) is 0. The summed E-state index contributed by atoms with van der Waals surface area (Å²) in [7, 11) is 0. The van der Waals surface area contributed by atoms with Crippen LogP contribution in [0.3, 0.4) is 0 Å². The summed E-state index contributed by atoms with van der Waals surface area (Å²) in [4.78, 5) is 0. The van der Waals surface area contributed by atoms with Gasteiger partial charge in [-0.2, -0.15) is 0 Å². The Bertz CT molecular complexity index is 2930. The van der Waals surface area contributed by atoms with Crippen molar-refractivity contribution in [2.75, 3.05) is 0 Å². The van der Waals surface area contributed by atoms with Crippen LogP contribution < -0.4 is 10.4 Å². The molecule has 0 N–H and O–H groups in total. The van der Waals surface area contributed by atoms with Crippen LogP contribution in [0.4, 0.5) is 0 Å². The van der Waals surface area contributed by atoms with Crippen molar-refractivity contribution in [1.82, 2.24) is 0 Å². The third kappa shape index (κ3) is 5.17. The van der Waals surface area contributed by atoms with Crippen molar-refractivity contribution >= 4 is 76.4 Å². The lowest BCUT2D eigenvalue weighted by molar-refractivity contribution is 0.669. The molecule has 0 aliphatic rings. The topological polar surface area (TPSA) is 13.1 Å². The van der Waals surface area contributed by atoms with Crippen LogP contribution in [0.15, 0.2) is 162 Å². The van der Waals surface area contributed by atoms with Gasteiger partial charge in [-0.15, -0.1) is 11.3 Å². The molecule has 0 atom stereocenters. The second kappa shape index (κ2) is 12.5. The Morgan fingerprint density at radius 2 is 0.960 bits per heavy atom. The van der Waals surface area contributed by atoms with E-state index in [2.05, 4.69) is 184 Å². The molecule has 2 heteroatoms. The summed E-state index contributed by atoms with van der Waals surface area (Å²) >= 11 is 1.86. The van der Waals surface area contributed by atoms with Gasteiger partial charge >= 0.3 is 0 Å². The molecular weight excluding hydrogens is 625 g/mol. The highest BCUT2D eigenvalue weighted by Gasteiger charge is 2.13. The summed E-state index contributed by atoms with van der Waals surface area (Å²) in [5.41, 5.74) is 8.96. The number of benzene rings is 6. The quantitative estimate of drug-likeness (QED) is 0.184. The van der Waals surface area contributed by atoms with Crippen molar-refractivity contribution in [3.63, 3.8) is 0 Å². The van der Waals surface area contributed by atoms with Crippen LogP contribution in [0.1, 0.15) is 13.8 Å². The minimum atomic E-state index is 0.911. The lowest BCUT2D eigenvalue weighted by Gasteiger charge is -2.08. The van der Waals surface area contributed by atoms with Gasteiger partial charge in [0.1, 0.15) is 11.2 Å². The maximum Gasteiger partial charge on any atom is 0.136 e. The van der Waals surface area contributed by atoms with Crippen LogP contribution in [0, 0.1) is 0 Å². The first-order valence-corrected chi connectivity index (χ1v) is 18.0. The number of thiophene rings is 1. The fourth-order valence-electron chi connectivity index (χ4n) is 7.41. The molecule has 0 saturated heterocycles. The predicted octanol–water partition coefficient (Wildman–Crippen LogP) is 12.8. The number of fused-ring (bicyclic) bond motifs is 7. The van der Waals surface area contributed by atoms with Gasteiger partial charge in [0.25, 0.3) is 0 Å². The van der Waals surface area contributed by atoms with Gasteiger partial charge in [0.05, 0.1) is 0 Å². The van der Waals surface area contributed by atoms with Crippen molar-refractivity contribution < 1.29 is 4.42 Å². The standard InChI is InChI=1S/C48H34OS/c1-3-37-38(4-2)40(17-11-6-5-10-16-39(37)32-14-8-7-9-15-32)33-22-20-31(21-23-33)34-24-25-45-42(26-34)43-27-36-30-48-44(28-35(36)29-46(43)49-45)41-18-12-13-19-47(41)50-48/h3-30H,1-2H3. The fraction of sp³-hybridized carbons (Fsp3) is 0.0417. The molecule has 0 spiro atoms. The monoisotopic (exact) mass is 658 g/mol. The Hall–Kier alpha value is -5.96. The second-order valence-electron chi connectivity index (χ2n) is 12.7. The molecule has 9 aromatic rings. The lowest BCUT2D eigenvalue weighted by atomic mass is 9.96. The minimum Gasteiger partial charge on any atom is -0.456 e. The molecule has 0 amide bonds. The largest absolute Gasteiger partial charge is 0.456 e. The molecule has 50 heavy (non-hydrogen) atoms. The minimum absolute atomic E-state index is 0.911. The highest BCUT2D eigenvalue weighted by Crippen LogP contribution is 2.40. The van der Waals surface area contributed by atoms with Gasteiger partial charge in [-0.05, 0) is 111 Å². The Balaban J connectivity index is 1.15. The van der Waals surface area contributed by atoms with Crippen LogP contribution in [-0.2, 0) is 0 Å². The first-order valence-electron chi connectivity index (χ1n) is 17.1. The van der Waals surface area contributed by atoms with Gasteiger partial charge < -0.3 is 4.42 Å². The zero-order chi connectivity index (χ0) is 33.6. The van der Waals surface area contributed by atoms with Crippen LogP contribution >= 0.6 is 11.3 Å². The molecule has 2 aromatic heterocycles. The SMILES string of the molecule is CC=c1c(-c2ccccc2)ccccccc(-c2ccc(-c3ccc4oc5cc6cc7c(cc6cc5c4c3)sc3ccccc37)cc2)c1=CC. The maximum atomic E-state index is 6.43. The highest BCUT2D eigenvalue weighted by atomic mass is 32.1. The summed E-state index contributed by atoms with van der Waals surface area (Å²) in [6.45, 7) is 4.26. The first kappa shape index (κ1) is 30.1. The van der Waals surface area contributed by atoms with Crippen molar-refractivity contribution in [3.05, 3.63) is 168 Å². The van der Waals surface area contributed by atoms with E-state index >= 15 is 0 Å². The molecule has 2 heterocycles. The van der Waals surface area contributed by atoms with Crippen LogP contribution in [-0.4, -0.2) is 0 Å². The molecule has 0 fully saturated rings. The maximum absolute atomic E-state index is 6.43. The van der Waals surface area contributed by atoms with E-state index in [-0.39, 0.29) is 0 Å². The zero-order valence-electron chi connectivity index (χ0n) is 28.0. The summed E-state index contributed by atoms with van der Waals surface area (Å²) in [6, 6.07) is 56.9. The van der Waals surface area contributed by atoms with Crippen LogP contribution in [0.25, 0.3) is 98.4 Å². The molecule has 7 aromatic carbocycles. The molecule has 0 unspecified atom stereocenters. The normalized spacial score (nSPS) is 12.4. The average Bonchev–Trinajstić information content (AvgIpc) is 3.71. The number of hydrogen-bond acceptors (Lipinski definition) is 2. The van der Waals surface area contributed by atoms with Crippen molar-refractivity contribution in [2.45, 2.75) is 13.8 Å².